The van der Waals surface area contributed by atoms with E-state index in [-0.39, 0.29) is 0 Å². The first-order valence-corrected chi connectivity index (χ1v) is 7.09. The standard InChI is InChI=1S/C14H22BrNO/c1-3-4-5-6-10-16-14-9-7-8-13(15)12(14)11-17-2/h7-9,16H,3-6,10-11H2,1-2H3. The maximum absolute atomic E-state index is 5.22. The summed E-state index contributed by atoms with van der Waals surface area (Å²) in [5.74, 6) is 0. The van der Waals surface area contributed by atoms with E-state index in [9.17, 15) is 0 Å². The first kappa shape index (κ1) is 14.5. The zero-order valence-corrected chi connectivity index (χ0v) is 12.3. The van der Waals surface area contributed by atoms with E-state index in [1.165, 1.54) is 36.9 Å². The number of anilines is 1. The third-order valence-corrected chi connectivity index (χ3v) is 3.50. The fourth-order valence-electron chi connectivity index (χ4n) is 1.79. The van der Waals surface area contributed by atoms with Gasteiger partial charge in [0.2, 0.25) is 0 Å². The molecule has 1 N–H and O–H groups in total. The van der Waals surface area contributed by atoms with Crippen molar-refractivity contribution in [3.8, 4) is 0 Å². The Bertz CT molecular complexity index is 328. The molecule has 0 atom stereocenters. The van der Waals surface area contributed by atoms with Gasteiger partial charge in [0.1, 0.15) is 0 Å². The van der Waals surface area contributed by atoms with Crippen molar-refractivity contribution in [3.63, 3.8) is 0 Å². The van der Waals surface area contributed by atoms with Crippen LogP contribution in [0.25, 0.3) is 0 Å². The molecule has 2 nitrogen and oxygen atoms in total. The molecule has 0 radical (unpaired) electrons. The number of hydrogen-bond donors (Lipinski definition) is 1. The van der Waals surface area contributed by atoms with Gasteiger partial charge in [0.25, 0.3) is 0 Å². The van der Waals surface area contributed by atoms with E-state index in [2.05, 4.69) is 46.4 Å². The van der Waals surface area contributed by atoms with Crippen LogP contribution in [0, 0.1) is 0 Å². The first-order chi connectivity index (χ1) is 8.29. The Morgan fingerprint density at radius 1 is 1.24 bits per heavy atom. The van der Waals surface area contributed by atoms with Crippen molar-refractivity contribution >= 4 is 21.6 Å². The molecule has 3 heteroatoms. The third kappa shape index (κ3) is 5.09. The smallest absolute Gasteiger partial charge is 0.0744 e. The maximum Gasteiger partial charge on any atom is 0.0744 e. The van der Waals surface area contributed by atoms with E-state index < -0.39 is 0 Å². The third-order valence-electron chi connectivity index (χ3n) is 2.75. The molecule has 0 aliphatic heterocycles. The van der Waals surface area contributed by atoms with Crippen LogP contribution in [0.2, 0.25) is 0 Å². The quantitative estimate of drug-likeness (QED) is 0.709. The average molecular weight is 300 g/mol. The number of rotatable bonds is 8. The molecule has 0 amide bonds. The molecule has 0 aromatic heterocycles. The first-order valence-electron chi connectivity index (χ1n) is 6.29. The minimum atomic E-state index is 0.638. The molecule has 0 saturated carbocycles. The largest absolute Gasteiger partial charge is 0.385 e. The van der Waals surface area contributed by atoms with Gasteiger partial charge in [-0.2, -0.15) is 0 Å². The van der Waals surface area contributed by atoms with Gasteiger partial charge in [-0.1, -0.05) is 48.2 Å². The molecule has 17 heavy (non-hydrogen) atoms. The number of methoxy groups -OCH3 is 1. The molecular weight excluding hydrogens is 278 g/mol. The van der Waals surface area contributed by atoms with Crippen molar-refractivity contribution in [3.05, 3.63) is 28.2 Å². The second-order valence-corrected chi connectivity index (χ2v) is 5.04. The molecule has 96 valence electrons. The van der Waals surface area contributed by atoms with Gasteiger partial charge in [-0.05, 0) is 18.6 Å². The monoisotopic (exact) mass is 299 g/mol. The van der Waals surface area contributed by atoms with Crippen molar-refractivity contribution in [1.29, 1.82) is 0 Å². The molecule has 1 aromatic carbocycles. The minimum absolute atomic E-state index is 0.638. The minimum Gasteiger partial charge on any atom is -0.385 e. The van der Waals surface area contributed by atoms with E-state index in [1.807, 2.05) is 0 Å². The summed E-state index contributed by atoms with van der Waals surface area (Å²) in [6.45, 7) is 3.91. The summed E-state index contributed by atoms with van der Waals surface area (Å²) in [5, 5.41) is 3.49. The SMILES string of the molecule is CCCCCCNc1cccc(Br)c1COC. The fourth-order valence-corrected chi connectivity index (χ4v) is 2.27. The fraction of sp³-hybridized carbons (Fsp3) is 0.571. The summed E-state index contributed by atoms with van der Waals surface area (Å²) in [6, 6.07) is 6.22. The molecular formula is C14H22BrNO. The van der Waals surface area contributed by atoms with Crippen molar-refractivity contribution in [2.45, 2.75) is 39.2 Å². The van der Waals surface area contributed by atoms with Gasteiger partial charge in [-0.3, -0.25) is 0 Å². The summed E-state index contributed by atoms with van der Waals surface area (Å²) in [7, 11) is 1.73. The van der Waals surface area contributed by atoms with E-state index in [0.717, 1.165) is 11.0 Å². The normalized spacial score (nSPS) is 10.5. The molecule has 0 unspecified atom stereocenters. The Balaban J connectivity index is 2.48. The van der Waals surface area contributed by atoms with Crippen molar-refractivity contribution in [2.75, 3.05) is 19.0 Å². The lowest BCUT2D eigenvalue weighted by atomic mass is 10.1. The molecule has 0 saturated heterocycles. The van der Waals surface area contributed by atoms with Crippen LogP contribution >= 0.6 is 15.9 Å². The van der Waals surface area contributed by atoms with Gasteiger partial charge in [0.05, 0.1) is 6.61 Å². The lowest BCUT2D eigenvalue weighted by Gasteiger charge is -2.13. The van der Waals surface area contributed by atoms with Crippen LogP contribution in [-0.2, 0) is 11.3 Å². The van der Waals surface area contributed by atoms with Gasteiger partial charge in [0.15, 0.2) is 0 Å². The Morgan fingerprint density at radius 2 is 2.06 bits per heavy atom. The predicted octanol–water partition coefficient (Wildman–Crippen LogP) is 4.59. The molecule has 0 bridgehead atoms. The van der Waals surface area contributed by atoms with Crippen molar-refractivity contribution in [2.24, 2.45) is 0 Å². The Labute approximate surface area is 113 Å². The van der Waals surface area contributed by atoms with Gasteiger partial charge in [-0.15, -0.1) is 0 Å². The molecule has 0 fully saturated rings. The molecule has 1 aromatic rings. The van der Waals surface area contributed by atoms with Crippen LogP contribution in [0.5, 0.6) is 0 Å². The van der Waals surface area contributed by atoms with Crippen LogP contribution in [-0.4, -0.2) is 13.7 Å². The van der Waals surface area contributed by atoms with Gasteiger partial charge in [0, 0.05) is 29.4 Å². The van der Waals surface area contributed by atoms with E-state index in [0.29, 0.717) is 6.61 Å². The average Bonchev–Trinajstić information content (AvgIpc) is 2.33. The predicted molar refractivity (Wildman–Crippen MR) is 77.5 cm³/mol. The number of hydrogen-bond acceptors (Lipinski definition) is 2. The summed E-state index contributed by atoms with van der Waals surface area (Å²) in [4.78, 5) is 0. The highest BCUT2D eigenvalue weighted by molar-refractivity contribution is 9.10. The molecule has 0 heterocycles. The van der Waals surface area contributed by atoms with Crippen LogP contribution in [0.1, 0.15) is 38.2 Å². The number of benzene rings is 1. The summed E-state index contributed by atoms with van der Waals surface area (Å²) in [6.07, 6.45) is 5.14. The number of ether oxygens (including phenoxy) is 1. The van der Waals surface area contributed by atoms with Gasteiger partial charge in [-0.25, -0.2) is 0 Å². The molecule has 0 aliphatic rings. The Kier molecular flexibility index (Phi) is 7.29. The Morgan fingerprint density at radius 3 is 2.76 bits per heavy atom. The van der Waals surface area contributed by atoms with E-state index in [1.54, 1.807) is 7.11 Å². The maximum atomic E-state index is 5.22. The highest BCUT2D eigenvalue weighted by Gasteiger charge is 2.05. The highest BCUT2D eigenvalue weighted by atomic mass is 79.9. The van der Waals surface area contributed by atoms with Gasteiger partial charge < -0.3 is 10.1 Å². The number of nitrogens with one attached hydrogen (secondary N) is 1. The van der Waals surface area contributed by atoms with E-state index in [4.69, 9.17) is 4.74 Å². The van der Waals surface area contributed by atoms with E-state index >= 15 is 0 Å². The summed E-state index contributed by atoms with van der Waals surface area (Å²) < 4.78 is 6.33. The molecule has 0 aliphatic carbocycles. The topological polar surface area (TPSA) is 21.3 Å². The van der Waals surface area contributed by atoms with Crippen LogP contribution < -0.4 is 5.32 Å². The second kappa shape index (κ2) is 8.54. The highest BCUT2D eigenvalue weighted by Crippen LogP contribution is 2.25. The summed E-state index contributed by atoms with van der Waals surface area (Å²) >= 11 is 3.56. The molecule has 1 rings (SSSR count). The number of unbranched alkanes of at least 4 members (excludes halogenated alkanes) is 3. The van der Waals surface area contributed by atoms with Crippen LogP contribution in [0.3, 0.4) is 0 Å². The van der Waals surface area contributed by atoms with Crippen molar-refractivity contribution < 1.29 is 4.74 Å². The number of halogens is 1. The summed E-state index contributed by atoms with van der Waals surface area (Å²) in [5.41, 5.74) is 2.38. The van der Waals surface area contributed by atoms with Crippen molar-refractivity contribution in [1.82, 2.24) is 0 Å². The second-order valence-electron chi connectivity index (χ2n) is 4.19. The lowest BCUT2D eigenvalue weighted by Crippen LogP contribution is -2.05. The molecule has 0 spiro atoms. The van der Waals surface area contributed by atoms with Crippen LogP contribution in [0.15, 0.2) is 22.7 Å². The van der Waals surface area contributed by atoms with Gasteiger partial charge >= 0.3 is 0 Å². The lowest BCUT2D eigenvalue weighted by molar-refractivity contribution is 0.185. The Hall–Kier alpha value is -0.540. The van der Waals surface area contributed by atoms with Crippen LogP contribution in [0.4, 0.5) is 5.69 Å². The zero-order valence-electron chi connectivity index (χ0n) is 10.8. The zero-order chi connectivity index (χ0) is 12.5.